The highest BCUT2D eigenvalue weighted by atomic mass is 16.6. The summed E-state index contributed by atoms with van der Waals surface area (Å²) in [6, 6.07) is 0. The molecule has 0 heterocycles. The molecule has 0 aromatic carbocycles. The molecule has 0 rings (SSSR count). The van der Waals surface area contributed by atoms with Crippen LogP contribution in [0.3, 0.4) is 0 Å². The fraction of sp³-hybridized carbons (Fsp3) is 0.909. The predicted molar refractivity (Wildman–Crippen MR) is 61.1 cm³/mol. The molecule has 0 radical (unpaired) electrons. The summed E-state index contributed by atoms with van der Waals surface area (Å²) in [6.45, 7) is 4.26. The normalized spacial score (nSPS) is 12.4. The van der Waals surface area contributed by atoms with E-state index >= 15 is 0 Å². The largest absolute Gasteiger partial charge is 0.463 e. The first kappa shape index (κ1) is 15.3. The van der Waals surface area contributed by atoms with E-state index in [9.17, 15) is 4.79 Å². The molecule has 0 aliphatic carbocycles. The molecule has 0 spiro atoms. The van der Waals surface area contributed by atoms with Crippen LogP contribution < -0.4 is 5.73 Å². The van der Waals surface area contributed by atoms with Crippen LogP contribution in [0.1, 0.15) is 19.8 Å². The van der Waals surface area contributed by atoms with Crippen molar-refractivity contribution in [1.29, 1.82) is 0 Å². The van der Waals surface area contributed by atoms with E-state index in [1.807, 2.05) is 6.92 Å². The van der Waals surface area contributed by atoms with E-state index in [-0.39, 0.29) is 11.9 Å². The lowest BCUT2D eigenvalue weighted by Gasteiger charge is -2.10. The molecule has 1 unspecified atom stereocenters. The Morgan fingerprint density at radius 3 is 2.56 bits per heavy atom. The van der Waals surface area contributed by atoms with Gasteiger partial charge in [0.1, 0.15) is 6.61 Å². The number of carbonyl (C=O) groups is 1. The van der Waals surface area contributed by atoms with Crippen LogP contribution in [-0.4, -0.2) is 46.1 Å². The Balaban J connectivity index is 3.35. The molecule has 0 aliphatic heterocycles. The zero-order chi connectivity index (χ0) is 12.2. The van der Waals surface area contributed by atoms with Gasteiger partial charge in [-0.3, -0.25) is 4.79 Å². The highest BCUT2D eigenvalue weighted by Crippen LogP contribution is 2.06. The van der Waals surface area contributed by atoms with Crippen LogP contribution in [-0.2, 0) is 19.0 Å². The average Bonchev–Trinajstić information content (AvgIpc) is 2.30. The molecule has 0 aliphatic rings. The van der Waals surface area contributed by atoms with Crippen LogP contribution in [0.25, 0.3) is 0 Å². The Bertz CT molecular complexity index is 175. The molecular weight excluding hydrogens is 210 g/mol. The van der Waals surface area contributed by atoms with Crippen LogP contribution in [0.4, 0.5) is 0 Å². The van der Waals surface area contributed by atoms with Gasteiger partial charge in [0.15, 0.2) is 0 Å². The molecule has 1 atom stereocenters. The van der Waals surface area contributed by atoms with E-state index in [1.165, 1.54) is 0 Å². The number of methoxy groups -OCH3 is 1. The average molecular weight is 233 g/mol. The fourth-order valence-electron chi connectivity index (χ4n) is 1.13. The highest BCUT2D eigenvalue weighted by Gasteiger charge is 2.13. The van der Waals surface area contributed by atoms with E-state index < -0.39 is 0 Å². The van der Waals surface area contributed by atoms with Crippen molar-refractivity contribution < 1.29 is 19.0 Å². The smallest absolute Gasteiger partial charge is 0.308 e. The van der Waals surface area contributed by atoms with Crippen molar-refractivity contribution in [3.8, 4) is 0 Å². The molecule has 0 aromatic heterocycles. The van der Waals surface area contributed by atoms with E-state index in [0.29, 0.717) is 33.0 Å². The quantitative estimate of drug-likeness (QED) is 0.441. The number of nitrogens with two attached hydrogens (primary N) is 1. The van der Waals surface area contributed by atoms with Gasteiger partial charge >= 0.3 is 5.97 Å². The van der Waals surface area contributed by atoms with Crippen molar-refractivity contribution in [2.45, 2.75) is 19.8 Å². The molecule has 5 heteroatoms. The van der Waals surface area contributed by atoms with Gasteiger partial charge in [-0.05, 0) is 19.4 Å². The lowest BCUT2D eigenvalue weighted by atomic mass is 10.1. The maximum Gasteiger partial charge on any atom is 0.308 e. The molecule has 16 heavy (non-hydrogen) atoms. The second-order valence-electron chi connectivity index (χ2n) is 3.60. The van der Waals surface area contributed by atoms with Crippen molar-refractivity contribution in [2.75, 3.05) is 40.1 Å². The molecule has 96 valence electrons. The summed E-state index contributed by atoms with van der Waals surface area (Å²) in [6.07, 6.45) is 1.63. The van der Waals surface area contributed by atoms with Gasteiger partial charge in [-0.15, -0.1) is 0 Å². The molecule has 0 aromatic rings. The van der Waals surface area contributed by atoms with Crippen LogP contribution in [0.5, 0.6) is 0 Å². The maximum absolute atomic E-state index is 11.4. The second kappa shape index (κ2) is 10.9. The van der Waals surface area contributed by atoms with Gasteiger partial charge in [-0.25, -0.2) is 0 Å². The standard InChI is InChI=1S/C11H23NO4/c1-10(4-3-5-12)11(13)16-9-8-15-7-6-14-2/h10H,3-9,12H2,1-2H3. The van der Waals surface area contributed by atoms with Gasteiger partial charge in [0.05, 0.1) is 25.7 Å². The lowest BCUT2D eigenvalue weighted by Crippen LogP contribution is -2.19. The van der Waals surface area contributed by atoms with E-state index in [2.05, 4.69) is 0 Å². The zero-order valence-electron chi connectivity index (χ0n) is 10.2. The van der Waals surface area contributed by atoms with Gasteiger partial charge in [0.25, 0.3) is 0 Å². The summed E-state index contributed by atoms with van der Waals surface area (Å²) >= 11 is 0. The van der Waals surface area contributed by atoms with Crippen molar-refractivity contribution in [3.05, 3.63) is 0 Å². The first-order chi connectivity index (χ1) is 7.72. The fourth-order valence-corrected chi connectivity index (χ4v) is 1.13. The zero-order valence-corrected chi connectivity index (χ0v) is 10.2. The molecule has 2 N–H and O–H groups in total. The lowest BCUT2D eigenvalue weighted by molar-refractivity contribution is -0.149. The molecule has 5 nitrogen and oxygen atoms in total. The minimum Gasteiger partial charge on any atom is -0.463 e. The van der Waals surface area contributed by atoms with Crippen molar-refractivity contribution in [1.82, 2.24) is 0 Å². The van der Waals surface area contributed by atoms with Crippen molar-refractivity contribution in [2.24, 2.45) is 11.7 Å². The molecule has 0 saturated carbocycles. The number of rotatable bonds is 10. The Hall–Kier alpha value is -0.650. The number of hydrogen-bond donors (Lipinski definition) is 1. The second-order valence-corrected chi connectivity index (χ2v) is 3.60. The Morgan fingerprint density at radius 2 is 1.94 bits per heavy atom. The van der Waals surface area contributed by atoms with Gasteiger partial charge in [-0.1, -0.05) is 6.92 Å². The summed E-state index contributed by atoms with van der Waals surface area (Å²) < 4.78 is 15.0. The van der Waals surface area contributed by atoms with Gasteiger partial charge in [0.2, 0.25) is 0 Å². The number of carbonyl (C=O) groups excluding carboxylic acids is 1. The van der Waals surface area contributed by atoms with E-state index in [1.54, 1.807) is 7.11 Å². The number of hydrogen-bond acceptors (Lipinski definition) is 5. The predicted octanol–water partition coefficient (Wildman–Crippen LogP) is 0.568. The topological polar surface area (TPSA) is 70.8 Å². The minimum atomic E-state index is -0.177. The Morgan fingerprint density at radius 1 is 1.25 bits per heavy atom. The Labute approximate surface area is 97.2 Å². The van der Waals surface area contributed by atoms with Crippen molar-refractivity contribution in [3.63, 3.8) is 0 Å². The third-order valence-corrected chi connectivity index (χ3v) is 2.15. The van der Waals surface area contributed by atoms with E-state index in [0.717, 1.165) is 12.8 Å². The summed E-state index contributed by atoms with van der Waals surface area (Å²) in [5.74, 6) is -0.258. The summed E-state index contributed by atoms with van der Waals surface area (Å²) in [4.78, 5) is 11.4. The SMILES string of the molecule is COCCOCCOC(=O)C(C)CCCN. The van der Waals surface area contributed by atoms with Crippen LogP contribution in [0, 0.1) is 5.92 Å². The van der Waals surface area contributed by atoms with Crippen LogP contribution in [0.15, 0.2) is 0 Å². The van der Waals surface area contributed by atoms with Crippen LogP contribution >= 0.6 is 0 Å². The molecular formula is C11H23NO4. The van der Waals surface area contributed by atoms with Gasteiger partial charge in [-0.2, -0.15) is 0 Å². The van der Waals surface area contributed by atoms with E-state index in [4.69, 9.17) is 19.9 Å². The van der Waals surface area contributed by atoms with Gasteiger partial charge < -0.3 is 19.9 Å². The molecule has 0 amide bonds. The third-order valence-electron chi connectivity index (χ3n) is 2.15. The number of ether oxygens (including phenoxy) is 3. The Kier molecular flexibility index (Phi) is 10.4. The highest BCUT2D eigenvalue weighted by molar-refractivity contribution is 5.71. The third kappa shape index (κ3) is 8.64. The monoisotopic (exact) mass is 233 g/mol. The summed E-state index contributed by atoms with van der Waals surface area (Å²) in [5.41, 5.74) is 5.36. The van der Waals surface area contributed by atoms with Gasteiger partial charge in [0, 0.05) is 7.11 Å². The molecule has 0 bridgehead atoms. The van der Waals surface area contributed by atoms with Crippen molar-refractivity contribution >= 4 is 5.97 Å². The summed E-state index contributed by atoms with van der Waals surface area (Å²) in [7, 11) is 1.61. The molecule has 0 fully saturated rings. The molecule has 0 saturated heterocycles. The summed E-state index contributed by atoms with van der Waals surface area (Å²) in [5, 5.41) is 0. The first-order valence-corrected chi connectivity index (χ1v) is 5.65. The maximum atomic E-state index is 11.4. The number of esters is 1. The van der Waals surface area contributed by atoms with Crippen LogP contribution in [0.2, 0.25) is 0 Å². The first-order valence-electron chi connectivity index (χ1n) is 5.65. The minimum absolute atomic E-state index is 0.0810.